The quantitative estimate of drug-likeness (QED) is 0.437. The number of nitriles is 1. The Morgan fingerprint density at radius 2 is 1.83 bits per heavy atom. The van der Waals surface area contributed by atoms with Crippen LogP contribution in [0.5, 0.6) is 0 Å². The second-order valence-electron chi connectivity index (χ2n) is 10.7. The van der Waals surface area contributed by atoms with Crippen LogP contribution >= 0.6 is 23.2 Å². The Morgan fingerprint density at radius 1 is 1.17 bits per heavy atom. The maximum Gasteiger partial charge on any atom is 0.324 e. The molecule has 0 unspecified atom stereocenters. The smallest absolute Gasteiger partial charge is 0.324 e. The lowest BCUT2D eigenvalue weighted by molar-refractivity contribution is -0.157. The van der Waals surface area contributed by atoms with E-state index in [9.17, 15) is 10.1 Å². The van der Waals surface area contributed by atoms with E-state index in [2.05, 4.69) is 11.4 Å². The van der Waals surface area contributed by atoms with E-state index in [0.717, 1.165) is 25.7 Å². The SMILES string of the molecule is CC(C)(C)OC(=O)[C@@H]1N[C@@H](CC2CCCC2)[C@](C#N)(c2ccc(Cl)cc2)[C@H]1c1cccc(Cl)c1F. The number of nitrogens with zero attached hydrogens (tertiary/aromatic N) is 1. The van der Waals surface area contributed by atoms with Crippen molar-refractivity contribution in [3.05, 3.63) is 69.5 Å². The molecule has 2 aromatic rings. The van der Waals surface area contributed by atoms with Crippen molar-refractivity contribution in [1.29, 1.82) is 5.26 Å². The zero-order chi connectivity index (χ0) is 25.4. The van der Waals surface area contributed by atoms with Crippen LogP contribution in [-0.2, 0) is 14.9 Å². The van der Waals surface area contributed by atoms with Crippen LogP contribution in [0.4, 0.5) is 4.39 Å². The van der Waals surface area contributed by atoms with Gasteiger partial charge in [0.05, 0.1) is 11.1 Å². The standard InChI is InChI=1S/C28H31Cl2FN2O2/c1-27(2,3)35-26(34)25-23(20-9-6-10-21(30)24(20)31)28(16-32,18-11-13-19(29)14-12-18)22(33-25)15-17-7-4-5-8-17/h6,9-14,17,22-23,25,33H,4-5,7-8,15H2,1-3H3/t22-,23-,25+,28-/m0/s1. The van der Waals surface area contributed by atoms with Gasteiger partial charge in [-0.2, -0.15) is 5.26 Å². The fourth-order valence-electron chi connectivity index (χ4n) is 5.83. The first kappa shape index (κ1) is 25.9. The zero-order valence-electron chi connectivity index (χ0n) is 20.3. The summed E-state index contributed by atoms with van der Waals surface area (Å²) in [5.41, 5.74) is -1.06. The summed E-state index contributed by atoms with van der Waals surface area (Å²) in [6.45, 7) is 5.38. The van der Waals surface area contributed by atoms with Gasteiger partial charge in [0.15, 0.2) is 0 Å². The molecule has 0 spiro atoms. The summed E-state index contributed by atoms with van der Waals surface area (Å²) >= 11 is 12.4. The average molecular weight is 517 g/mol. The molecule has 0 radical (unpaired) electrons. The van der Waals surface area contributed by atoms with Crippen molar-refractivity contribution in [2.75, 3.05) is 0 Å². The molecular formula is C28H31Cl2FN2O2. The van der Waals surface area contributed by atoms with Gasteiger partial charge in [0, 0.05) is 17.0 Å². The highest BCUT2D eigenvalue weighted by atomic mass is 35.5. The number of hydrogen-bond donors (Lipinski definition) is 1. The molecule has 2 aromatic carbocycles. The van der Waals surface area contributed by atoms with E-state index in [1.54, 1.807) is 45.0 Å². The third kappa shape index (κ3) is 5.07. The molecule has 0 aromatic heterocycles. The van der Waals surface area contributed by atoms with Crippen molar-refractivity contribution in [1.82, 2.24) is 5.32 Å². The van der Waals surface area contributed by atoms with Crippen LogP contribution in [0.1, 0.15) is 69.9 Å². The van der Waals surface area contributed by atoms with Gasteiger partial charge in [0.2, 0.25) is 0 Å². The maximum absolute atomic E-state index is 15.6. The molecule has 1 saturated carbocycles. The Balaban J connectivity index is 1.92. The first-order valence-electron chi connectivity index (χ1n) is 12.2. The van der Waals surface area contributed by atoms with E-state index in [4.69, 9.17) is 27.9 Å². The van der Waals surface area contributed by atoms with Gasteiger partial charge in [-0.15, -0.1) is 0 Å². The zero-order valence-corrected chi connectivity index (χ0v) is 21.8. The van der Waals surface area contributed by atoms with Crippen molar-refractivity contribution in [3.63, 3.8) is 0 Å². The van der Waals surface area contributed by atoms with E-state index in [1.165, 1.54) is 6.07 Å². The Kier molecular flexibility index (Phi) is 7.48. The minimum absolute atomic E-state index is 0.0485. The van der Waals surface area contributed by atoms with Gasteiger partial charge in [-0.1, -0.05) is 73.2 Å². The van der Waals surface area contributed by atoms with Crippen molar-refractivity contribution in [3.8, 4) is 6.07 Å². The van der Waals surface area contributed by atoms with E-state index < -0.39 is 40.8 Å². The highest BCUT2D eigenvalue weighted by Crippen LogP contribution is 2.52. The molecule has 4 rings (SSSR count). The fourth-order valence-corrected chi connectivity index (χ4v) is 6.14. The molecule has 0 amide bonds. The molecule has 7 heteroatoms. The number of ether oxygens (including phenoxy) is 1. The Morgan fingerprint density at radius 3 is 2.43 bits per heavy atom. The summed E-state index contributed by atoms with van der Waals surface area (Å²) in [7, 11) is 0. The van der Waals surface area contributed by atoms with Crippen LogP contribution in [0.3, 0.4) is 0 Å². The molecule has 0 bridgehead atoms. The maximum atomic E-state index is 15.6. The Labute approximate surface area is 216 Å². The lowest BCUT2D eigenvalue weighted by Crippen LogP contribution is -2.43. The summed E-state index contributed by atoms with van der Waals surface area (Å²) in [4.78, 5) is 13.5. The molecule has 1 aliphatic heterocycles. The van der Waals surface area contributed by atoms with Crippen molar-refractivity contribution >= 4 is 29.2 Å². The van der Waals surface area contributed by atoms with Crippen LogP contribution in [0, 0.1) is 23.1 Å². The second-order valence-corrected chi connectivity index (χ2v) is 11.6. The number of benzene rings is 2. The molecule has 1 aliphatic carbocycles. The normalized spacial score (nSPS) is 27.1. The number of carbonyl (C=O) groups is 1. The number of nitrogens with one attached hydrogen (secondary N) is 1. The Hall–Kier alpha value is -2.13. The van der Waals surface area contributed by atoms with E-state index >= 15 is 4.39 Å². The molecule has 35 heavy (non-hydrogen) atoms. The molecule has 1 heterocycles. The van der Waals surface area contributed by atoms with Crippen LogP contribution in [0.25, 0.3) is 0 Å². The van der Waals surface area contributed by atoms with Crippen LogP contribution < -0.4 is 5.32 Å². The van der Waals surface area contributed by atoms with Gasteiger partial charge in [-0.3, -0.25) is 10.1 Å². The summed E-state index contributed by atoms with van der Waals surface area (Å²) in [5.74, 6) is -1.56. The first-order chi connectivity index (χ1) is 16.6. The van der Waals surface area contributed by atoms with Crippen LogP contribution in [0.2, 0.25) is 10.0 Å². The topological polar surface area (TPSA) is 62.1 Å². The number of carbonyl (C=O) groups excluding carboxylic acids is 1. The minimum atomic E-state index is -1.24. The third-order valence-electron chi connectivity index (χ3n) is 7.28. The molecule has 1 N–H and O–H groups in total. The lowest BCUT2D eigenvalue weighted by atomic mass is 9.63. The molecule has 4 atom stereocenters. The van der Waals surface area contributed by atoms with Gasteiger partial charge >= 0.3 is 5.97 Å². The van der Waals surface area contributed by atoms with Gasteiger partial charge in [-0.05, 0) is 62.4 Å². The second kappa shape index (κ2) is 10.1. The summed E-state index contributed by atoms with van der Waals surface area (Å²) in [6.07, 6.45) is 5.16. The highest BCUT2D eigenvalue weighted by Gasteiger charge is 2.60. The average Bonchev–Trinajstić information content (AvgIpc) is 3.42. The Bertz CT molecular complexity index is 1120. The molecule has 2 fully saturated rings. The molecule has 186 valence electrons. The minimum Gasteiger partial charge on any atom is -0.459 e. The van der Waals surface area contributed by atoms with E-state index in [-0.39, 0.29) is 10.6 Å². The number of esters is 1. The number of rotatable bonds is 5. The largest absolute Gasteiger partial charge is 0.459 e. The molecule has 4 nitrogen and oxygen atoms in total. The predicted octanol–water partition coefficient (Wildman–Crippen LogP) is 6.94. The summed E-state index contributed by atoms with van der Waals surface area (Å²) in [5, 5.41) is 14.8. The highest BCUT2D eigenvalue weighted by molar-refractivity contribution is 6.31. The van der Waals surface area contributed by atoms with Gasteiger partial charge in [0.1, 0.15) is 22.9 Å². The van der Waals surface area contributed by atoms with Gasteiger partial charge < -0.3 is 4.74 Å². The fraction of sp³-hybridized carbons (Fsp3) is 0.500. The number of halogens is 3. The first-order valence-corrected chi connectivity index (χ1v) is 12.9. The molecule has 2 aliphatic rings. The van der Waals surface area contributed by atoms with Gasteiger partial charge in [-0.25, -0.2) is 4.39 Å². The third-order valence-corrected chi connectivity index (χ3v) is 7.83. The van der Waals surface area contributed by atoms with Crippen LogP contribution in [0.15, 0.2) is 42.5 Å². The number of hydrogen-bond acceptors (Lipinski definition) is 4. The van der Waals surface area contributed by atoms with Crippen molar-refractivity contribution < 1.29 is 13.9 Å². The summed E-state index contributed by atoms with van der Waals surface area (Å²) < 4.78 is 21.3. The van der Waals surface area contributed by atoms with E-state index in [1.807, 2.05) is 12.1 Å². The van der Waals surface area contributed by atoms with Crippen molar-refractivity contribution in [2.45, 2.75) is 81.9 Å². The summed E-state index contributed by atoms with van der Waals surface area (Å²) in [6, 6.07) is 13.1. The predicted molar refractivity (Wildman–Crippen MR) is 136 cm³/mol. The van der Waals surface area contributed by atoms with Crippen molar-refractivity contribution in [2.24, 2.45) is 5.92 Å². The lowest BCUT2D eigenvalue weighted by Gasteiger charge is -2.36. The molecule has 1 saturated heterocycles. The van der Waals surface area contributed by atoms with Gasteiger partial charge in [0.25, 0.3) is 0 Å². The molecular weight excluding hydrogens is 486 g/mol. The monoisotopic (exact) mass is 516 g/mol. The van der Waals surface area contributed by atoms with Crippen LogP contribution in [-0.4, -0.2) is 23.7 Å². The van der Waals surface area contributed by atoms with E-state index in [0.29, 0.717) is 22.9 Å².